The van der Waals surface area contributed by atoms with Gasteiger partial charge in [-0.25, -0.2) is 12.8 Å². The first kappa shape index (κ1) is 18.1. The normalized spacial score (nSPS) is 13.6. The highest BCUT2D eigenvalue weighted by Crippen LogP contribution is 2.15. The third-order valence-electron chi connectivity index (χ3n) is 3.38. The molecule has 5 heteroatoms. The SMILES string of the molecule is CC(C)NCC(CCCS(C)(=O)=O)Cc1ccc(F)cc1. The van der Waals surface area contributed by atoms with Crippen molar-refractivity contribution < 1.29 is 12.8 Å². The molecular weight excluding hydrogens is 289 g/mol. The molecule has 1 rings (SSSR count). The van der Waals surface area contributed by atoms with Crippen LogP contribution in [0, 0.1) is 11.7 Å². The first-order chi connectivity index (χ1) is 9.76. The zero-order chi connectivity index (χ0) is 15.9. The Morgan fingerprint density at radius 3 is 2.33 bits per heavy atom. The lowest BCUT2D eigenvalue weighted by molar-refractivity contribution is 0.418. The zero-order valence-corrected chi connectivity index (χ0v) is 13.9. The van der Waals surface area contributed by atoms with E-state index in [1.807, 2.05) is 0 Å². The number of hydrogen-bond donors (Lipinski definition) is 1. The second kappa shape index (κ2) is 8.49. The molecule has 0 aliphatic carbocycles. The molecule has 0 saturated heterocycles. The van der Waals surface area contributed by atoms with Crippen molar-refractivity contribution in [2.45, 2.75) is 39.2 Å². The molecule has 0 radical (unpaired) electrons. The van der Waals surface area contributed by atoms with Gasteiger partial charge in [0.15, 0.2) is 0 Å². The summed E-state index contributed by atoms with van der Waals surface area (Å²) in [5.41, 5.74) is 1.09. The monoisotopic (exact) mass is 315 g/mol. The predicted molar refractivity (Wildman–Crippen MR) is 85.7 cm³/mol. The van der Waals surface area contributed by atoms with Crippen LogP contribution in [-0.2, 0) is 16.3 Å². The van der Waals surface area contributed by atoms with Gasteiger partial charge in [0.25, 0.3) is 0 Å². The Kier molecular flexibility index (Phi) is 7.32. The van der Waals surface area contributed by atoms with Crippen LogP contribution in [0.3, 0.4) is 0 Å². The Hall–Kier alpha value is -0.940. The Bertz CT molecular complexity index is 512. The Balaban J connectivity index is 2.56. The van der Waals surface area contributed by atoms with Gasteiger partial charge < -0.3 is 5.32 Å². The van der Waals surface area contributed by atoms with Crippen molar-refractivity contribution in [2.24, 2.45) is 5.92 Å². The molecule has 1 aromatic carbocycles. The van der Waals surface area contributed by atoms with Gasteiger partial charge in [-0.15, -0.1) is 0 Å². The Morgan fingerprint density at radius 1 is 1.19 bits per heavy atom. The lowest BCUT2D eigenvalue weighted by Gasteiger charge is -2.19. The van der Waals surface area contributed by atoms with Crippen LogP contribution in [0.15, 0.2) is 24.3 Å². The molecule has 0 fully saturated rings. The van der Waals surface area contributed by atoms with Gasteiger partial charge >= 0.3 is 0 Å². The maximum Gasteiger partial charge on any atom is 0.147 e. The lowest BCUT2D eigenvalue weighted by atomic mass is 9.94. The van der Waals surface area contributed by atoms with E-state index in [1.165, 1.54) is 18.4 Å². The largest absolute Gasteiger partial charge is 0.314 e. The quantitative estimate of drug-likeness (QED) is 0.762. The molecule has 1 aromatic rings. The van der Waals surface area contributed by atoms with Gasteiger partial charge in [0, 0.05) is 18.1 Å². The fourth-order valence-corrected chi connectivity index (χ4v) is 2.96. The second-order valence-corrected chi connectivity index (χ2v) is 8.29. The highest BCUT2D eigenvalue weighted by atomic mass is 32.2. The van der Waals surface area contributed by atoms with Crippen LogP contribution in [-0.4, -0.2) is 33.0 Å². The van der Waals surface area contributed by atoms with Gasteiger partial charge in [-0.1, -0.05) is 26.0 Å². The molecule has 0 aromatic heterocycles. The highest BCUT2D eigenvalue weighted by molar-refractivity contribution is 7.90. The van der Waals surface area contributed by atoms with E-state index in [4.69, 9.17) is 0 Å². The summed E-state index contributed by atoms with van der Waals surface area (Å²) in [5, 5.41) is 3.40. The fourth-order valence-electron chi connectivity index (χ4n) is 2.27. The fraction of sp³-hybridized carbons (Fsp3) is 0.625. The molecule has 0 aliphatic rings. The van der Waals surface area contributed by atoms with Gasteiger partial charge in [0.05, 0.1) is 0 Å². The van der Waals surface area contributed by atoms with Crippen LogP contribution < -0.4 is 5.32 Å². The summed E-state index contributed by atoms with van der Waals surface area (Å²) in [4.78, 5) is 0. The molecule has 21 heavy (non-hydrogen) atoms. The molecule has 3 nitrogen and oxygen atoms in total. The first-order valence-corrected chi connectivity index (χ1v) is 9.48. The summed E-state index contributed by atoms with van der Waals surface area (Å²) in [6, 6.07) is 6.94. The average Bonchev–Trinajstić information content (AvgIpc) is 2.36. The van der Waals surface area contributed by atoms with Crippen molar-refractivity contribution in [3.63, 3.8) is 0 Å². The molecule has 0 saturated carbocycles. The van der Waals surface area contributed by atoms with Gasteiger partial charge in [0.2, 0.25) is 0 Å². The summed E-state index contributed by atoms with van der Waals surface area (Å²) >= 11 is 0. The minimum Gasteiger partial charge on any atom is -0.314 e. The molecule has 0 amide bonds. The van der Waals surface area contributed by atoms with Crippen molar-refractivity contribution in [1.29, 1.82) is 0 Å². The zero-order valence-electron chi connectivity index (χ0n) is 13.1. The van der Waals surface area contributed by atoms with E-state index < -0.39 is 9.84 Å². The maximum atomic E-state index is 12.9. The number of sulfone groups is 1. The molecule has 0 heterocycles. The topological polar surface area (TPSA) is 46.2 Å². The van der Waals surface area contributed by atoms with Crippen LogP contribution in [0.4, 0.5) is 4.39 Å². The Morgan fingerprint density at radius 2 is 1.81 bits per heavy atom. The Labute approximate surface area is 127 Å². The minimum absolute atomic E-state index is 0.229. The molecule has 1 atom stereocenters. The summed E-state index contributed by atoms with van der Waals surface area (Å²) in [6.45, 7) is 5.02. The van der Waals surface area contributed by atoms with Crippen LogP contribution in [0.2, 0.25) is 0 Å². The summed E-state index contributed by atoms with van der Waals surface area (Å²) < 4.78 is 35.4. The average molecular weight is 315 g/mol. The van der Waals surface area contributed by atoms with E-state index in [1.54, 1.807) is 12.1 Å². The number of hydrogen-bond acceptors (Lipinski definition) is 3. The third-order valence-corrected chi connectivity index (χ3v) is 4.41. The standard InChI is InChI=1S/C16H26FNO2S/c1-13(2)18-12-15(5-4-10-21(3,19)20)11-14-6-8-16(17)9-7-14/h6-9,13,15,18H,4-5,10-12H2,1-3H3. The first-order valence-electron chi connectivity index (χ1n) is 7.42. The van der Waals surface area contributed by atoms with Crippen molar-refractivity contribution >= 4 is 9.84 Å². The van der Waals surface area contributed by atoms with Gasteiger partial charge in [-0.3, -0.25) is 0 Å². The molecule has 120 valence electrons. The highest BCUT2D eigenvalue weighted by Gasteiger charge is 2.12. The number of benzene rings is 1. The van der Waals surface area contributed by atoms with Crippen LogP contribution in [0.25, 0.3) is 0 Å². The summed E-state index contributed by atoms with van der Waals surface area (Å²) in [5.74, 6) is 0.363. The van der Waals surface area contributed by atoms with E-state index in [-0.39, 0.29) is 11.6 Å². The van der Waals surface area contributed by atoms with E-state index in [0.717, 1.165) is 24.9 Å². The molecule has 1 unspecified atom stereocenters. The molecule has 0 aliphatic heterocycles. The van der Waals surface area contributed by atoms with Gasteiger partial charge in [-0.2, -0.15) is 0 Å². The van der Waals surface area contributed by atoms with E-state index in [2.05, 4.69) is 19.2 Å². The second-order valence-electron chi connectivity index (χ2n) is 6.03. The third kappa shape index (κ3) is 8.83. The molecular formula is C16H26FNO2S. The van der Waals surface area contributed by atoms with Crippen molar-refractivity contribution in [3.8, 4) is 0 Å². The minimum atomic E-state index is -2.90. The number of rotatable bonds is 9. The van der Waals surface area contributed by atoms with Crippen molar-refractivity contribution in [2.75, 3.05) is 18.6 Å². The smallest absolute Gasteiger partial charge is 0.147 e. The van der Waals surface area contributed by atoms with E-state index in [9.17, 15) is 12.8 Å². The number of halogens is 1. The van der Waals surface area contributed by atoms with E-state index >= 15 is 0 Å². The number of nitrogens with one attached hydrogen (secondary N) is 1. The van der Waals surface area contributed by atoms with Gasteiger partial charge in [-0.05, 0) is 49.4 Å². The van der Waals surface area contributed by atoms with Crippen LogP contribution in [0.5, 0.6) is 0 Å². The van der Waals surface area contributed by atoms with Crippen LogP contribution in [0.1, 0.15) is 32.3 Å². The van der Waals surface area contributed by atoms with Crippen molar-refractivity contribution in [1.82, 2.24) is 5.32 Å². The van der Waals surface area contributed by atoms with Crippen LogP contribution >= 0.6 is 0 Å². The van der Waals surface area contributed by atoms with Gasteiger partial charge in [0.1, 0.15) is 15.7 Å². The van der Waals surface area contributed by atoms with E-state index in [0.29, 0.717) is 18.4 Å². The maximum absolute atomic E-state index is 12.9. The molecule has 0 bridgehead atoms. The summed E-state index contributed by atoms with van der Waals surface area (Å²) in [6.07, 6.45) is 3.63. The predicted octanol–water partition coefficient (Wildman–Crippen LogP) is 2.81. The summed E-state index contributed by atoms with van der Waals surface area (Å²) in [7, 11) is -2.90. The molecule has 0 spiro atoms. The lowest BCUT2D eigenvalue weighted by Crippen LogP contribution is -2.30. The molecule has 1 N–H and O–H groups in total. The van der Waals surface area contributed by atoms with Crippen molar-refractivity contribution in [3.05, 3.63) is 35.6 Å².